The van der Waals surface area contributed by atoms with Crippen molar-refractivity contribution in [1.82, 2.24) is 25.0 Å². The number of nitrogens with one attached hydrogen (secondary N) is 2. The van der Waals surface area contributed by atoms with Crippen LogP contribution in [0.15, 0.2) is 30.5 Å². The molecule has 1 aromatic carbocycles. The minimum absolute atomic E-state index is 0.0854. The molecule has 0 saturated carbocycles. The number of carbonyl (C=O) groups excluding carboxylic acids is 4. The zero-order valence-corrected chi connectivity index (χ0v) is 18.7. The van der Waals surface area contributed by atoms with Gasteiger partial charge in [0, 0.05) is 56.2 Å². The molecule has 10 heteroatoms. The van der Waals surface area contributed by atoms with E-state index in [0.29, 0.717) is 39.2 Å². The zero-order chi connectivity index (χ0) is 23.4. The summed E-state index contributed by atoms with van der Waals surface area (Å²) in [5, 5.41) is 3.78. The summed E-state index contributed by atoms with van der Waals surface area (Å²) in [5.41, 5.74) is 2.07. The van der Waals surface area contributed by atoms with Crippen LogP contribution in [0, 0.1) is 0 Å². The standard InChI is InChI=1S/C23H29N5O5/c1-2-33-23(32)27-13-11-26(12-14-27)20(29)8-7-19-21(30)28(22(31)25-19)10-9-16-15-24-18-6-4-3-5-17(16)18/h3-6,15,19,24H,2,7-14H2,1H3,(H,25,31). The van der Waals surface area contributed by atoms with Crippen molar-refractivity contribution in [3.8, 4) is 0 Å². The summed E-state index contributed by atoms with van der Waals surface area (Å²) >= 11 is 0. The molecule has 2 N–H and O–H groups in total. The first-order valence-electron chi connectivity index (χ1n) is 11.3. The molecule has 33 heavy (non-hydrogen) atoms. The Hall–Kier alpha value is -3.56. The lowest BCUT2D eigenvalue weighted by Crippen LogP contribution is -2.50. The van der Waals surface area contributed by atoms with Crippen molar-refractivity contribution in [2.24, 2.45) is 0 Å². The second-order valence-corrected chi connectivity index (χ2v) is 8.21. The number of ether oxygens (including phenoxy) is 1. The van der Waals surface area contributed by atoms with Crippen LogP contribution in [0.25, 0.3) is 10.9 Å². The first-order chi connectivity index (χ1) is 16.0. The van der Waals surface area contributed by atoms with E-state index in [-0.39, 0.29) is 37.3 Å². The number of H-pyrrole nitrogens is 1. The predicted molar refractivity (Wildman–Crippen MR) is 120 cm³/mol. The molecule has 2 aliphatic heterocycles. The topological polar surface area (TPSA) is 115 Å². The van der Waals surface area contributed by atoms with Gasteiger partial charge in [-0.15, -0.1) is 0 Å². The molecule has 10 nitrogen and oxygen atoms in total. The van der Waals surface area contributed by atoms with E-state index >= 15 is 0 Å². The monoisotopic (exact) mass is 455 g/mol. The number of para-hydroxylation sites is 1. The molecule has 2 saturated heterocycles. The van der Waals surface area contributed by atoms with Gasteiger partial charge >= 0.3 is 12.1 Å². The summed E-state index contributed by atoms with van der Waals surface area (Å²) in [5.74, 6) is -0.377. The SMILES string of the molecule is CCOC(=O)N1CCN(C(=O)CCC2NC(=O)N(CCc3c[nH]c4ccccc34)C2=O)CC1. The van der Waals surface area contributed by atoms with Crippen LogP contribution in [0.5, 0.6) is 0 Å². The molecule has 0 aliphatic carbocycles. The highest BCUT2D eigenvalue weighted by Crippen LogP contribution is 2.20. The molecule has 1 unspecified atom stereocenters. The maximum atomic E-state index is 12.8. The van der Waals surface area contributed by atoms with Crippen LogP contribution >= 0.6 is 0 Å². The number of urea groups is 1. The molecule has 2 aromatic rings. The van der Waals surface area contributed by atoms with Gasteiger partial charge in [0.15, 0.2) is 0 Å². The Balaban J connectivity index is 1.24. The fourth-order valence-corrected chi connectivity index (χ4v) is 4.33. The summed E-state index contributed by atoms with van der Waals surface area (Å²) < 4.78 is 4.99. The average molecular weight is 456 g/mol. The number of nitrogens with zero attached hydrogens (tertiary/aromatic N) is 3. The summed E-state index contributed by atoms with van der Waals surface area (Å²) in [4.78, 5) is 57.2. The van der Waals surface area contributed by atoms with Gasteiger partial charge in [0.1, 0.15) is 6.04 Å². The van der Waals surface area contributed by atoms with Crippen LogP contribution in [-0.4, -0.2) is 89.0 Å². The quantitative estimate of drug-likeness (QED) is 0.617. The fourth-order valence-electron chi connectivity index (χ4n) is 4.33. The summed E-state index contributed by atoms with van der Waals surface area (Å²) in [6, 6.07) is 6.79. The Morgan fingerprint density at radius 1 is 1.09 bits per heavy atom. The van der Waals surface area contributed by atoms with E-state index in [1.54, 1.807) is 16.7 Å². The number of aromatic nitrogens is 1. The smallest absolute Gasteiger partial charge is 0.409 e. The van der Waals surface area contributed by atoms with Crippen molar-refractivity contribution >= 4 is 34.8 Å². The summed E-state index contributed by atoms with van der Waals surface area (Å²) in [6.07, 6.45) is 2.51. The van der Waals surface area contributed by atoms with Gasteiger partial charge in [-0.3, -0.25) is 14.5 Å². The molecule has 1 atom stereocenters. The normalized spacial score (nSPS) is 18.7. The Morgan fingerprint density at radius 2 is 1.82 bits per heavy atom. The third kappa shape index (κ3) is 4.94. The van der Waals surface area contributed by atoms with Gasteiger partial charge in [-0.05, 0) is 31.4 Å². The number of aromatic amines is 1. The number of hydrogen-bond acceptors (Lipinski definition) is 5. The van der Waals surface area contributed by atoms with Crippen molar-refractivity contribution < 1.29 is 23.9 Å². The molecule has 5 amide bonds. The first-order valence-corrected chi connectivity index (χ1v) is 11.3. The third-order valence-electron chi connectivity index (χ3n) is 6.19. The second-order valence-electron chi connectivity index (χ2n) is 8.21. The van der Waals surface area contributed by atoms with E-state index in [0.717, 1.165) is 16.5 Å². The van der Waals surface area contributed by atoms with E-state index in [1.807, 2.05) is 30.5 Å². The van der Waals surface area contributed by atoms with Gasteiger partial charge in [-0.1, -0.05) is 18.2 Å². The van der Waals surface area contributed by atoms with Crippen LogP contribution in [0.1, 0.15) is 25.3 Å². The number of rotatable bonds is 7. The van der Waals surface area contributed by atoms with Crippen LogP contribution in [0.2, 0.25) is 0 Å². The number of benzene rings is 1. The van der Waals surface area contributed by atoms with Gasteiger partial charge < -0.3 is 24.8 Å². The van der Waals surface area contributed by atoms with E-state index in [2.05, 4.69) is 10.3 Å². The molecule has 3 heterocycles. The van der Waals surface area contributed by atoms with Gasteiger partial charge in [0.05, 0.1) is 6.61 Å². The van der Waals surface area contributed by atoms with Gasteiger partial charge in [-0.25, -0.2) is 9.59 Å². The summed E-state index contributed by atoms with van der Waals surface area (Å²) in [7, 11) is 0. The maximum absolute atomic E-state index is 12.8. The average Bonchev–Trinajstić information content (AvgIpc) is 3.36. The largest absolute Gasteiger partial charge is 0.450 e. The molecule has 2 fully saturated rings. The highest BCUT2D eigenvalue weighted by molar-refractivity contribution is 6.04. The molecule has 4 rings (SSSR count). The minimum Gasteiger partial charge on any atom is -0.450 e. The molecule has 0 spiro atoms. The van der Waals surface area contributed by atoms with Gasteiger partial charge in [0.2, 0.25) is 5.91 Å². The molecule has 176 valence electrons. The van der Waals surface area contributed by atoms with Crippen molar-refractivity contribution in [3.63, 3.8) is 0 Å². The third-order valence-corrected chi connectivity index (χ3v) is 6.19. The molecule has 0 radical (unpaired) electrons. The lowest BCUT2D eigenvalue weighted by atomic mass is 10.1. The first kappa shape index (κ1) is 22.6. The molecular weight excluding hydrogens is 426 g/mol. The highest BCUT2D eigenvalue weighted by Gasteiger charge is 2.38. The number of amides is 5. The van der Waals surface area contributed by atoms with Gasteiger partial charge in [0.25, 0.3) is 5.91 Å². The van der Waals surface area contributed by atoms with Gasteiger partial charge in [-0.2, -0.15) is 0 Å². The van der Waals surface area contributed by atoms with E-state index in [4.69, 9.17) is 4.74 Å². The second kappa shape index (κ2) is 9.93. The Labute approximate surface area is 191 Å². The number of imide groups is 1. The Bertz CT molecular complexity index is 1040. The number of fused-ring (bicyclic) bond motifs is 1. The van der Waals surface area contributed by atoms with Crippen LogP contribution in [0.4, 0.5) is 9.59 Å². The molecule has 2 aliphatic rings. The van der Waals surface area contributed by atoms with Crippen LogP contribution in [0.3, 0.4) is 0 Å². The van der Waals surface area contributed by atoms with Crippen molar-refractivity contribution in [1.29, 1.82) is 0 Å². The van der Waals surface area contributed by atoms with E-state index < -0.39 is 12.1 Å². The fraction of sp³-hybridized carbons (Fsp3) is 0.478. The lowest BCUT2D eigenvalue weighted by Gasteiger charge is -2.34. The van der Waals surface area contributed by atoms with E-state index in [9.17, 15) is 19.2 Å². The summed E-state index contributed by atoms with van der Waals surface area (Å²) in [6.45, 7) is 4.06. The minimum atomic E-state index is -0.690. The highest BCUT2D eigenvalue weighted by atomic mass is 16.6. The predicted octanol–water partition coefficient (Wildman–Crippen LogP) is 1.71. The lowest BCUT2D eigenvalue weighted by molar-refractivity contribution is -0.133. The molecule has 1 aromatic heterocycles. The van der Waals surface area contributed by atoms with E-state index in [1.165, 1.54) is 4.90 Å². The van der Waals surface area contributed by atoms with Crippen molar-refractivity contribution in [3.05, 3.63) is 36.0 Å². The maximum Gasteiger partial charge on any atom is 0.409 e. The number of carbonyl (C=O) groups is 4. The van der Waals surface area contributed by atoms with Crippen LogP contribution < -0.4 is 5.32 Å². The number of hydrogen-bond donors (Lipinski definition) is 2. The van der Waals surface area contributed by atoms with Crippen molar-refractivity contribution in [2.75, 3.05) is 39.3 Å². The zero-order valence-electron chi connectivity index (χ0n) is 18.7. The Kier molecular flexibility index (Phi) is 6.81. The molecular formula is C23H29N5O5. The number of piperazine rings is 1. The van der Waals surface area contributed by atoms with Crippen LogP contribution in [-0.2, 0) is 20.7 Å². The Morgan fingerprint density at radius 3 is 2.58 bits per heavy atom. The van der Waals surface area contributed by atoms with Crippen molar-refractivity contribution in [2.45, 2.75) is 32.2 Å². The molecule has 0 bridgehead atoms.